The Kier molecular flexibility index (Phi) is 12.4. The van der Waals surface area contributed by atoms with Crippen molar-refractivity contribution in [3.8, 4) is 5.75 Å². The Morgan fingerprint density at radius 3 is 2.60 bits per heavy atom. The molecule has 0 spiro atoms. The van der Waals surface area contributed by atoms with E-state index in [2.05, 4.69) is 12.2 Å². The van der Waals surface area contributed by atoms with Gasteiger partial charge in [-0.25, -0.2) is 0 Å². The van der Waals surface area contributed by atoms with Gasteiger partial charge in [-0.05, 0) is 49.9 Å². The van der Waals surface area contributed by atoms with Crippen molar-refractivity contribution in [3.63, 3.8) is 0 Å². The lowest BCUT2D eigenvalue weighted by atomic mass is 9.90. The number of unbranched alkanes of at least 4 members (excludes halogenated alkanes) is 3. The molecule has 3 N–H and O–H groups in total. The van der Waals surface area contributed by atoms with E-state index in [0.29, 0.717) is 37.1 Å². The van der Waals surface area contributed by atoms with E-state index < -0.39 is 12.2 Å². The van der Waals surface area contributed by atoms with Gasteiger partial charge in [-0.3, -0.25) is 14.4 Å². The topological polar surface area (TPSA) is 113 Å². The van der Waals surface area contributed by atoms with E-state index in [4.69, 9.17) is 4.74 Å². The van der Waals surface area contributed by atoms with Gasteiger partial charge in [0.25, 0.3) is 0 Å². The van der Waals surface area contributed by atoms with E-state index in [9.17, 15) is 24.6 Å². The first kappa shape index (κ1) is 28.5. The van der Waals surface area contributed by atoms with E-state index in [1.165, 1.54) is 6.92 Å². The fraction of sp³-hybridized carbons (Fsp3) is 0.536. The normalized spacial score (nSPS) is 21.0. The van der Waals surface area contributed by atoms with Crippen molar-refractivity contribution in [3.05, 3.63) is 48.6 Å². The number of aliphatic hydroxyl groups excluding tert-OH is 2. The van der Waals surface area contributed by atoms with Gasteiger partial charge in [-0.1, -0.05) is 50.5 Å². The second kappa shape index (κ2) is 15.3. The highest BCUT2D eigenvalue weighted by atomic mass is 16.5. The molecule has 0 heterocycles. The third kappa shape index (κ3) is 10.6. The number of anilines is 1. The minimum Gasteiger partial charge on any atom is -0.427 e. The summed E-state index contributed by atoms with van der Waals surface area (Å²) in [4.78, 5) is 35.4. The van der Waals surface area contributed by atoms with E-state index in [-0.39, 0.29) is 42.3 Å². The number of aliphatic hydroxyl groups is 2. The molecule has 2 rings (SSSR count). The summed E-state index contributed by atoms with van der Waals surface area (Å²) in [6.07, 6.45) is 12.2. The first-order valence-electron chi connectivity index (χ1n) is 12.6. The van der Waals surface area contributed by atoms with Gasteiger partial charge in [0.15, 0.2) is 0 Å². The molecule has 7 nitrogen and oxygen atoms in total. The summed E-state index contributed by atoms with van der Waals surface area (Å²) in [5.41, 5.74) is 0.636. The predicted molar refractivity (Wildman–Crippen MR) is 136 cm³/mol. The minimum absolute atomic E-state index is 0.0466. The van der Waals surface area contributed by atoms with Crippen molar-refractivity contribution in [1.29, 1.82) is 0 Å². The molecule has 7 heteroatoms. The maximum Gasteiger partial charge on any atom is 0.311 e. The summed E-state index contributed by atoms with van der Waals surface area (Å²) in [6.45, 7) is 3.54. The van der Waals surface area contributed by atoms with Gasteiger partial charge in [-0.2, -0.15) is 0 Å². The predicted octanol–water partition coefficient (Wildman–Crippen LogP) is 4.73. The van der Waals surface area contributed by atoms with E-state index in [0.717, 1.165) is 19.3 Å². The molecular weight excluding hydrogens is 446 g/mol. The molecule has 4 atom stereocenters. The number of hydrogen-bond donors (Lipinski definition) is 3. The van der Waals surface area contributed by atoms with Crippen molar-refractivity contribution in [2.24, 2.45) is 11.8 Å². The smallest absolute Gasteiger partial charge is 0.311 e. The molecule has 0 aromatic heterocycles. The number of ether oxygens (including phenoxy) is 1. The average molecular weight is 486 g/mol. The number of ketones is 1. The Morgan fingerprint density at radius 2 is 1.91 bits per heavy atom. The monoisotopic (exact) mass is 485 g/mol. The zero-order chi connectivity index (χ0) is 25.6. The van der Waals surface area contributed by atoms with Crippen LogP contribution >= 0.6 is 0 Å². The van der Waals surface area contributed by atoms with Crippen LogP contribution in [0.2, 0.25) is 0 Å². The molecule has 1 saturated carbocycles. The van der Waals surface area contributed by atoms with Crippen LogP contribution < -0.4 is 10.1 Å². The number of nitrogens with one attached hydrogen (secondary N) is 1. The second-order valence-corrected chi connectivity index (χ2v) is 9.15. The van der Waals surface area contributed by atoms with Crippen molar-refractivity contribution in [2.45, 2.75) is 83.8 Å². The lowest BCUT2D eigenvalue weighted by molar-refractivity contribution is -0.134. The van der Waals surface area contributed by atoms with Crippen LogP contribution in [0.3, 0.4) is 0 Å². The molecule has 1 aliphatic rings. The number of benzene rings is 1. The van der Waals surface area contributed by atoms with Gasteiger partial charge in [0, 0.05) is 37.3 Å². The van der Waals surface area contributed by atoms with E-state index >= 15 is 0 Å². The summed E-state index contributed by atoms with van der Waals surface area (Å²) in [5.74, 6) is -0.592. The first-order valence-corrected chi connectivity index (χ1v) is 12.6. The van der Waals surface area contributed by atoms with Crippen LogP contribution in [-0.2, 0) is 14.4 Å². The van der Waals surface area contributed by atoms with Gasteiger partial charge in [0.1, 0.15) is 11.5 Å². The molecular formula is C28H39NO6. The summed E-state index contributed by atoms with van der Waals surface area (Å²) in [5, 5.41) is 23.0. The van der Waals surface area contributed by atoms with Crippen LogP contribution in [0.5, 0.6) is 5.75 Å². The molecule has 35 heavy (non-hydrogen) atoms. The standard InChI is InChI=1S/C28H39NO6/c1-3-4-7-10-22(31)15-18-25-24(26(32)19-27(25)33)11-8-5-6-9-12-28(34)35-23-16-13-21(14-17-23)29-20(2)30/h5,8,13-18,22,24-25,27,31,33H,3-4,6-7,9-12,19H2,1-2H3,(H,29,30). The average Bonchev–Trinajstić information content (AvgIpc) is 3.07. The highest BCUT2D eigenvalue weighted by molar-refractivity contribution is 5.88. The fourth-order valence-electron chi connectivity index (χ4n) is 4.20. The maximum absolute atomic E-state index is 12.3. The molecule has 0 radical (unpaired) electrons. The van der Waals surface area contributed by atoms with Crippen molar-refractivity contribution < 1.29 is 29.3 Å². The molecule has 4 unspecified atom stereocenters. The summed E-state index contributed by atoms with van der Waals surface area (Å²) in [6, 6.07) is 6.60. The maximum atomic E-state index is 12.3. The molecule has 1 aliphatic carbocycles. The van der Waals surface area contributed by atoms with Crippen LogP contribution in [-0.4, -0.2) is 40.1 Å². The summed E-state index contributed by atoms with van der Waals surface area (Å²) in [7, 11) is 0. The lowest BCUT2D eigenvalue weighted by Crippen LogP contribution is -2.18. The number of amides is 1. The highest BCUT2D eigenvalue weighted by Crippen LogP contribution is 2.33. The fourth-order valence-corrected chi connectivity index (χ4v) is 4.20. The van der Waals surface area contributed by atoms with Gasteiger partial charge in [-0.15, -0.1) is 0 Å². The lowest BCUT2D eigenvalue weighted by Gasteiger charge is -2.16. The molecule has 1 aromatic rings. The molecule has 0 bridgehead atoms. The van der Waals surface area contributed by atoms with Gasteiger partial charge >= 0.3 is 5.97 Å². The minimum atomic E-state index is -0.706. The van der Waals surface area contributed by atoms with Crippen LogP contribution in [0.4, 0.5) is 5.69 Å². The van der Waals surface area contributed by atoms with Crippen molar-refractivity contribution in [1.82, 2.24) is 0 Å². The molecule has 1 aromatic carbocycles. The zero-order valence-electron chi connectivity index (χ0n) is 20.8. The van der Waals surface area contributed by atoms with Crippen LogP contribution in [0.1, 0.15) is 71.6 Å². The Morgan fingerprint density at radius 1 is 1.17 bits per heavy atom. The summed E-state index contributed by atoms with van der Waals surface area (Å²) < 4.78 is 5.30. The first-order chi connectivity index (χ1) is 16.8. The second-order valence-electron chi connectivity index (χ2n) is 9.15. The quantitative estimate of drug-likeness (QED) is 0.152. The number of carbonyl (C=O) groups is 3. The SMILES string of the molecule is CCCCCC(O)C=CC1C(O)CC(=O)C1CC=CCCCC(=O)Oc1ccc(NC(C)=O)cc1. The number of Topliss-reactive ketones (excluding diaryl/α,β-unsaturated/α-hetero) is 1. The van der Waals surface area contributed by atoms with E-state index in [1.54, 1.807) is 30.3 Å². The van der Waals surface area contributed by atoms with Gasteiger partial charge < -0.3 is 20.3 Å². The Bertz CT molecular complexity index is 876. The van der Waals surface area contributed by atoms with Crippen molar-refractivity contribution >= 4 is 23.3 Å². The molecule has 1 amide bonds. The Balaban J connectivity index is 1.71. The van der Waals surface area contributed by atoms with Crippen LogP contribution in [0, 0.1) is 11.8 Å². The van der Waals surface area contributed by atoms with Crippen molar-refractivity contribution in [2.75, 3.05) is 5.32 Å². The third-order valence-electron chi connectivity index (χ3n) is 6.11. The number of hydrogen-bond acceptors (Lipinski definition) is 6. The van der Waals surface area contributed by atoms with Gasteiger partial charge in [0.2, 0.25) is 5.91 Å². The van der Waals surface area contributed by atoms with Crippen LogP contribution in [0.15, 0.2) is 48.6 Å². The van der Waals surface area contributed by atoms with Gasteiger partial charge in [0.05, 0.1) is 12.2 Å². The molecule has 1 fully saturated rings. The van der Waals surface area contributed by atoms with Crippen LogP contribution in [0.25, 0.3) is 0 Å². The number of esters is 1. The zero-order valence-corrected chi connectivity index (χ0v) is 20.8. The molecule has 0 saturated heterocycles. The number of rotatable bonds is 14. The Labute approximate surface area is 208 Å². The summed E-state index contributed by atoms with van der Waals surface area (Å²) >= 11 is 0. The highest BCUT2D eigenvalue weighted by Gasteiger charge is 2.39. The largest absolute Gasteiger partial charge is 0.427 e. The third-order valence-corrected chi connectivity index (χ3v) is 6.11. The number of carbonyl (C=O) groups excluding carboxylic acids is 3. The Hall–Kier alpha value is -2.77. The number of allylic oxidation sites excluding steroid dienone is 2. The van der Waals surface area contributed by atoms with E-state index in [1.807, 2.05) is 18.2 Å². The molecule has 192 valence electrons. The molecule has 0 aliphatic heterocycles.